The van der Waals surface area contributed by atoms with Gasteiger partial charge in [0.1, 0.15) is 11.9 Å². The molecule has 4 heteroatoms. The first-order valence-electron chi connectivity index (χ1n) is 9.18. The highest BCUT2D eigenvalue weighted by Gasteiger charge is 2.35. The first kappa shape index (κ1) is 18.5. The fourth-order valence-corrected chi connectivity index (χ4v) is 3.32. The molecule has 0 spiro atoms. The maximum Gasteiger partial charge on any atom is 0.308 e. The third kappa shape index (κ3) is 5.60. The number of hydrogen-bond acceptors (Lipinski definition) is 4. The van der Waals surface area contributed by atoms with E-state index in [2.05, 4.69) is 12.1 Å². The first-order chi connectivity index (χ1) is 12.5. The summed E-state index contributed by atoms with van der Waals surface area (Å²) >= 11 is 0. The predicted octanol–water partition coefficient (Wildman–Crippen LogP) is 3.70. The van der Waals surface area contributed by atoms with Crippen molar-refractivity contribution in [1.82, 2.24) is 0 Å². The molecule has 0 amide bonds. The number of benzene rings is 2. The molecule has 3 rings (SSSR count). The molecular weight excluding hydrogens is 328 g/mol. The first-order valence-corrected chi connectivity index (χ1v) is 9.18. The van der Waals surface area contributed by atoms with Crippen LogP contribution < -0.4 is 4.74 Å². The van der Waals surface area contributed by atoms with Gasteiger partial charge in [-0.2, -0.15) is 0 Å². The summed E-state index contributed by atoms with van der Waals surface area (Å²) in [6.07, 6.45) is 2.77. The van der Waals surface area contributed by atoms with Crippen molar-refractivity contribution in [1.29, 1.82) is 0 Å². The van der Waals surface area contributed by atoms with Crippen LogP contribution in [0.25, 0.3) is 0 Å². The molecule has 2 unspecified atom stereocenters. The van der Waals surface area contributed by atoms with Crippen LogP contribution in [0.1, 0.15) is 37.3 Å². The Balaban J connectivity index is 1.43. The SMILES string of the molecule is CC1(O)CC(=O)OC(CCc2ccc(OCCc3ccccc3)cc2)C1. The van der Waals surface area contributed by atoms with E-state index in [1.54, 1.807) is 6.92 Å². The van der Waals surface area contributed by atoms with Crippen molar-refractivity contribution in [3.63, 3.8) is 0 Å². The highest BCUT2D eigenvalue weighted by atomic mass is 16.5. The van der Waals surface area contributed by atoms with Crippen LogP contribution in [0, 0.1) is 0 Å². The summed E-state index contributed by atoms with van der Waals surface area (Å²) in [5.41, 5.74) is 1.49. The van der Waals surface area contributed by atoms with Gasteiger partial charge in [-0.15, -0.1) is 0 Å². The number of ether oxygens (including phenoxy) is 2. The van der Waals surface area contributed by atoms with Gasteiger partial charge in [0.05, 0.1) is 18.6 Å². The Hall–Kier alpha value is -2.33. The predicted molar refractivity (Wildman–Crippen MR) is 100 cm³/mol. The van der Waals surface area contributed by atoms with E-state index in [1.807, 2.05) is 42.5 Å². The largest absolute Gasteiger partial charge is 0.493 e. The number of aryl methyl sites for hydroxylation is 1. The van der Waals surface area contributed by atoms with E-state index in [9.17, 15) is 9.90 Å². The second kappa shape index (κ2) is 8.37. The Morgan fingerprint density at radius 1 is 1.08 bits per heavy atom. The number of carbonyl (C=O) groups is 1. The van der Waals surface area contributed by atoms with Gasteiger partial charge in [-0.3, -0.25) is 4.79 Å². The Morgan fingerprint density at radius 2 is 1.77 bits per heavy atom. The quantitative estimate of drug-likeness (QED) is 0.771. The van der Waals surface area contributed by atoms with E-state index < -0.39 is 5.60 Å². The molecule has 26 heavy (non-hydrogen) atoms. The summed E-state index contributed by atoms with van der Waals surface area (Å²) in [5, 5.41) is 10.1. The fraction of sp³-hybridized carbons (Fsp3) is 0.409. The minimum absolute atomic E-state index is 0.0819. The summed E-state index contributed by atoms with van der Waals surface area (Å²) < 4.78 is 11.1. The fourth-order valence-electron chi connectivity index (χ4n) is 3.32. The number of cyclic esters (lactones) is 1. The molecule has 2 aromatic carbocycles. The third-order valence-corrected chi connectivity index (χ3v) is 4.67. The molecule has 1 aliphatic rings. The van der Waals surface area contributed by atoms with Crippen molar-refractivity contribution in [3.8, 4) is 5.75 Å². The van der Waals surface area contributed by atoms with Crippen LogP contribution in [0.15, 0.2) is 54.6 Å². The lowest BCUT2D eigenvalue weighted by molar-refractivity contribution is -0.168. The molecule has 1 aliphatic heterocycles. The maximum absolute atomic E-state index is 11.5. The Kier molecular flexibility index (Phi) is 5.94. The average Bonchev–Trinajstić information content (AvgIpc) is 2.60. The lowest BCUT2D eigenvalue weighted by Gasteiger charge is -2.33. The van der Waals surface area contributed by atoms with Gasteiger partial charge in [0.2, 0.25) is 0 Å². The molecule has 0 radical (unpaired) electrons. The molecule has 1 fully saturated rings. The average molecular weight is 354 g/mol. The van der Waals surface area contributed by atoms with Gasteiger partial charge in [-0.1, -0.05) is 42.5 Å². The minimum Gasteiger partial charge on any atom is -0.493 e. The molecule has 1 heterocycles. The normalized spacial score (nSPS) is 22.7. The summed E-state index contributed by atoms with van der Waals surface area (Å²) in [5.74, 6) is 0.546. The van der Waals surface area contributed by atoms with Gasteiger partial charge < -0.3 is 14.6 Å². The van der Waals surface area contributed by atoms with Crippen LogP contribution in [0.3, 0.4) is 0 Å². The molecular formula is C22H26O4. The summed E-state index contributed by atoms with van der Waals surface area (Å²) in [6, 6.07) is 18.3. The van der Waals surface area contributed by atoms with E-state index in [4.69, 9.17) is 9.47 Å². The molecule has 1 saturated heterocycles. The smallest absolute Gasteiger partial charge is 0.308 e. The molecule has 0 aliphatic carbocycles. The Bertz CT molecular complexity index is 707. The van der Waals surface area contributed by atoms with Gasteiger partial charge >= 0.3 is 5.97 Å². The van der Waals surface area contributed by atoms with Crippen molar-refractivity contribution < 1.29 is 19.4 Å². The van der Waals surface area contributed by atoms with Crippen molar-refractivity contribution >= 4 is 5.97 Å². The standard InChI is InChI=1S/C22H26O4/c1-22(24)15-20(26-21(23)16-22)12-9-18-7-10-19(11-8-18)25-14-13-17-5-3-2-4-6-17/h2-8,10-11,20,24H,9,12-16H2,1H3. The van der Waals surface area contributed by atoms with Crippen LogP contribution in [0.2, 0.25) is 0 Å². The van der Waals surface area contributed by atoms with Gasteiger partial charge in [-0.25, -0.2) is 0 Å². The minimum atomic E-state index is -0.948. The zero-order valence-corrected chi connectivity index (χ0v) is 15.2. The zero-order valence-electron chi connectivity index (χ0n) is 15.2. The van der Waals surface area contributed by atoms with Crippen molar-refractivity contribution in [2.24, 2.45) is 0 Å². The number of aliphatic hydroxyl groups is 1. The van der Waals surface area contributed by atoms with Crippen molar-refractivity contribution in [2.75, 3.05) is 6.61 Å². The van der Waals surface area contributed by atoms with Crippen LogP contribution in [0.4, 0.5) is 0 Å². The highest BCUT2D eigenvalue weighted by Crippen LogP contribution is 2.27. The summed E-state index contributed by atoms with van der Waals surface area (Å²) in [4.78, 5) is 11.5. The molecule has 2 atom stereocenters. The number of rotatable bonds is 7. The van der Waals surface area contributed by atoms with Gasteiger partial charge in [-0.05, 0) is 43.0 Å². The number of hydrogen-bond donors (Lipinski definition) is 1. The highest BCUT2D eigenvalue weighted by molar-refractivity contribution is 5.71. The summed E-state index contributed by atoms with van der Waals surface area (Å²) in [6.45, 7) is 2.35. The van der Waals surface area contributed by atoms with E-state index in [1.165, 1.54) is 11.1 Å². The molecule has 0 saturated carbocycles. The van der Waals surface area contributed by atoms with Gasteiger partial charge in [0.15, 0.2) is 0 Å². The topological polar surface area (TPSA) is 55.8 Å². The van der Waals surface area contributed by atoms with Crippen LogP contribution in [0.5, 0.6) is 5.75 Å². The number of esters is 1. The molecule has 2 aromatic rings. The molecule has 1 N–H and O–H groups in total. The Morgan fingerprint density at radius 3 is 2.46 bits per heavy atom. The maximum atomic E-state index is 11.5. The third-order valence-electron chi connectivity index (χ3n) is 4.67. The Labute approximate surface area is 154 Å². The lowest BCUT2D eigenvalue weighted by Crippen LogP contribution is -2.41. The van der Waals surface area contributed by atoms with E-state index >= 15 is 0 Å². The summed E-state index contributed by atoms with van der Waals surface area (Å²) in [7, 11) is 0. The monoisotopic (exact) mass is 354 g/mol. The van der Waals surface area contributed by atoms with Gasteiger partial charge in [0.25, 0.3) is 0 Å². The molecule has 4 nitrogen and oxygen atoms in total. The molecule has 0 bridgehead atoms. The second-order valence-electron chi connectivity index (χ2n) is 7.26. The van der Waals surface area contributed by atoms with E-state index in [0.717, 1.165) is 25.0 Å². The molecule has 138 valence electrons. The van der Waals surface area contributed by atoms with E-state index in [0.29, 0.717) is 13.0 Å². The van der Waals surface area contributed by atoms with Crippen LogP contribution in [-0.4, -0.2) is 29.4 Å². The second-order valence-corrected chi connectivity index (χ2v) is 7.26. The zero-order chi connectivity index (χ0) is 18.4. The number of carbonyl (C=O) groups excluding carboxylic acids is 1. The van der Waals surface area contributed by atoms with Crippen LogP contribution >= 0.6 is 0 Å². The van der Waals surface area contributed by atoms with Crippen LogP contribution in [-0.2, 0) is 22.4 Å². The van der Waals surface area contributed by atoms with E-state index in [-0.39, 0.29) is 18.5 Å². The lowest BCUT2D eigenvalue weighted by atomic mass is 9.89. The van der Waals surface area contributed by atoms with Crippen molar-refractivity contribution in [3.05, 3.63) is 65.7 Å². The molecule has 0 aromatic heterocycles. The van der Waals surface area contributed by atoms with Gasteiger partial charge in [0, 0.05) is 12.8 Å². The van der Waals surface area contributed by atoms with Crippen molar-refractivity contribution in [2.45, 2.75) is 50.7 Å².